The lowest BCUT2D eigenvalue weighted by molar-refractivity contribution is -0.182. The number of carbonyl (C=O) groups is 1. The standard InChI is InChI=1S/C10H17F3N2O2/c11-10(12,13)6-1-3-7(4-2-6)15-5-8(16)9(14)17/h6-8,15-16H,1-5H2,(H2,14,17). The van der Waals surface area contributed by atoms with Gasteiger partial charge in [0.1, 0.15) is 6.10 Å². The number of nitrogens with two attached hydrogens (primary N) is 1. The number of carbonyl (C=O) groups excluding carboxylic acids is 1. The van der Waals surface area contributed by atoms with Crippen LogP contribution in [0, 0.1) is 5.92 Å². The molecule has 0 aromatic carbocycles. The van der Waals surface area contributed by atoms with Crippen molar-refractivity contribution < 1.29 is 23.1 Å². The Morgan fingerprint density at radius 1 is 1.35 bits per heavy atom. The SMILES string of the molecule is NC(=O)C(O)CNC1CCC(C(F)(F)F)CC1. The lowest BCUT2D eigenvalue weighted by Gasteiger charge is -2.30. The van der Waals surface area contributed by atoms with Gasteiger partial charge in [0.15, 0.2) is 0 Å². The first kappa shape index (κ1) is 14.2. The monoisotopic (exact) mass is 254 g/mol. The third-order valence-corrected chi connectivity index (χ3v) is 3.12. The first-order valence-electron chi connectivity index (χ1n) is 5.58. The van der Waals surface area contributed by atoms with Gasteiger partial charge in [0.2, 0.25) is 5.91 Å². The summed E-state index contributed by atoms with van der Waals surface area (Å²) >= 11 is 0. The number of nitrogens with one attached hydrogen (secondary N) is 1. The van der Waals surface area contributed by atoms with Gasteiger partial charge in [-0.1, -0.05) is 0 Å². The van der Waals surface area contributed by atoms with Crippen LogP contribution in [0.3, 0.4) is 0 Å². The number of hydrogen-bond donors (Lipinski definition) is 3. The molecule has 0 heterocycles. The molecule has 4 nitrogen and oxygen atoms in total. The molecule has 4 N–H and O–H groups in total. The van der Waals surface area contributed by atoms with E-state index in [1.54, 1.807) is 0 Å². The number of halogens is 3. The van der Waals surface area contributed by atoms with Gasteiger partial charge in [0.25, 0.3) is 0 Å². The zero-order valence-corrected chi connectivity index (χ0v) is 9.33. The fourth-order valence-corrected chi connectivity index (χ4v) is 2.00. The molecular weight excluding hydrogens is 237 g/mol. The molecule has 1 aliphatic carbocycles. The minimum Gasteiger partial charge on any atom is -0.382 e. The maximum atomic E-state index is 12.4. The van der Waals surface area contributed by atoms with Crippen LogP contribution in [-0.2, 0) is 4.79 Å². The van der Waals surface area contributed by atoms with Crippen LogP contribution < -0.4 is 11.1 Å². The lowest BCUT2D eigenvalue weighted by atomic mass is 9.85. The van der Waals surface area contributed by atoms with Gasteiger partial charge >= 0.3 is 6.18 Å². The van der Waals surface area contributed by atoms with E-state index in [1.165, 1.54) is 0 Å². The number of aliphatic hydroxyl groups excluding tert-OH is 1. The first-order chi connectivity index (χ1) is 7.80. The molecule has 7 heteroatoms. The molecule has 1 amide bonds. The van der Waals surface area contributed by atoms with Gasteiger partial charge in [-0.2, -0.15) is 13.2 Å². The number of alkyl halides is 3. The average Bonchev–Trinajstić information content (AvgIpc) is 2.25. The van der Waals surface area contributed by atoms with Crippen molar-refractivity contribution >= 4 is 5.91 Å². The molecule has 0 aliphatic heterocycles. The van der Waals surface area contributed by atoms with Crippen molar-refractivity contribution in [2.45, 2.75) is 44.0 Å². The molecule has 0 aromatic rings. The number of aliphatic hydroxyl groups is 1. The summed E-state index contributed by atoms with van der Waals surface area (Å²) in [6.07, 6.45) is -4.42. The second-order valence-corrected chi connectivity index (χ2v) is 4.42. The third kappa shape index (κ3) is 4.51. The molecule has 1 unspecified atom stereocenters. The zero-order valence-electron chi connectivity index (χ0n) is 9.33. The fraction of sp³-hybridized carbons (Fsp3) is 0.900. The van der Waals surface area contributed by atoms with Crippen molar-refractivity contribution in [1.82, 2.24) is 5.32 Å². The van der Waals surface area contributed by atoms with E-state index in [-0.39, 0.29) is 25.4 Å². The minimum absolute atomic E-state index is 0.00329. The molecule has 1 saturated carbocycles. The highest BCUT2D eigenvalue weighted by Crippen LogP contribution is 2.37. The third-order valence-electron chi connectivity index (χ3n) is 3.12. The minimum atomic E-state index is -4.11. The van der Waals surface area contributed by atoms with E-state index in [2.05, 4.69) is 5.32 Å². The summed E-state index contributed by atoms with van der Waals surface area (Å²) in [4.78, 5) is 10.5. The predicted molar refractivity (Wildman–Crippen MR) is 55.0 cm³/mol. The molecule has 1 fully saturated rings. The van der Waals surface area contributed by atoms with Gasteiger partial charge in [0, 0.05) is 12.6 Å². The highest BCUT2D eigenvalue weighted by Gasteiger charge is 2.41. The number of primary amides is 1. The molecule has 1 atom stereocenters. The van der Waals surface area contributed by atoms with Crippen LogP contribution in [0.15, 0.2) is 0 Å². The Morgan fingerprint density at radius 2 is 1.88 bits per heavy atom. The van der Waals surface area contributed by atoms with E-state index in [9.17, 15) is 18.0 Å². The largest absolute Gasteiger partial charge is 0.391 e. The van der Waals surface area contributed by atoms with E-state index in [0.717, 1.165) is 0 Å². The Morgan fingerprint density at radius 3 is 2.29 bits per heavy atom. The normalized spacial score (nSPS) is 27.8. The molecular formula is C10H17F3N2O2. The molecule has 0 bridgehead atoms. The first-order valence-corrected chi connectivity index (χ1v) is 5.58. The number of amides is 1. The van der Waals surface area contributed by atoms with Crippen LogP contribution in [0.1, 0.15) is 25.7 Å². The second-order valence-electron chi connectivity index (χ2n) is 4.42. The lowest BCUT2D eigenvalue weighted by Crippen LogP contribution is -2.43. The van der Waals surface area contributed by atoms with Crippen molar-refractivity contribution in [1.29, 1.82) is 0 Å². The van der Waals surface area contributed by atoms with Crippen molar-refractivity contribution in [3.8, 4) is 0 Å². The van der Waals surface area contributed by atoms with Crippen LogP contribution in [0.2, 0.25) is 0 Å². The van der Waals surface area contributed by atoms with E-state index < -0.39 is 24.1 Å². The summed E-state index contributed by atoms with van der Waals surface area (Å²) in [5.41, 5.74) is 4.85. The maximum Gasteiger partial charge on any atom is 0.391 e. The van der Waals surface area contributed by atoms with E-state index in [1.807, 2.05) is 0 Å². The summed E-state index contributed by atoms with van der Waals surface area (Å²) in [7, 11) is 0. The summed E-state index contributed by atoms with van der Waals surface area (Å²) < 4.78 is 37.1. The van der Waals surface area contributed by atoms with Crippen molar-refractivity contribution in [3.05, 3.63) is 0 Å². The zero-order chi connectivity index (χ0) is 13.1. The van der Waals surface area contributed by atoms with Gasteiger partial charge < -0.3 is 16.2 Å². The van der Waals surface area contributed by atoms with Crippen molar-refractivity contribution in [2.24, 2.45) is 11.7 Å². The summed E-state index contributed by atoms with van der Waals surface area (Å²) in [6, 6.07) is -0.0809. The number of rotatable bonds is 4. The summed E-state index contributed by atoms with van der Waals surface area (Å²) in [5.74, 6) is -2.05. The molecule has 1 rings (SSSR count). The summed E-state index contributed by atoms with van der Waals surface area (Å²) in [5, 5.41) is 12.0. The van der Waals surface area contributed by atoms with E-state index in [0.29, 0.717) is 12.8 Å². The van der Waals surface area contributed by atoms with Crippen molar-refractivity contribution in [2.75, 3.05) is 6.54 Å². The van der Waals surface area contributed by atoms with Crippen molar-refractivity contribution in [3.63, 3.8) is 0 Å². The Labute approximate surface area is 97.4 Å². The van der Waals surface area contributed by atoms with Gasteiger partial charge in [-0.15, -0.1) is 0 Å². The van der Waals surface area contributed by atoms with Crippen LogP contribution in [0.5, 0.6) is 0 Å². The van der Waals surface area contributed by atoms with Crippen LogP contribution in [0.25, 0.3) is 0 Å². The fourth-order valence-electron chi connectivity index (χ4n) is 2.00. The highest BCUT2D eigenvalue weighted by atomic mass is 19.4. The molecule has 0 saturated heterocycles. The quantitative estimate of drug-likeness (QED) is 0.685. The van der Waals surface area contributed by atoms with Crippen LogP contribution in [0.4, 0.5) is 13.2 Å². The van der Waals surface area contributed by atoms with Crippen LogP contribution >= 0.6 is 0 Å². The maximum absolute atomic E-state index is 12.4. The molecule has 0 radical (unpaired) electrons. The Balaban J connectivity index is 2.26. The molecule has 1 aliphatic rings. The van der Waals surface area contributed by atoms with Gasteiger partial charge in [-0.3, -0.25) is 4.79 Å². The van der Waals surface area contributed by atoms with Crippen LogP contribution in [-0.4, -0.2) is 35.9 Å². The number of hydrogen-bond acceptors (Lipinski definition) is 3. The Hall–Kier alpha value is -0.820. The average molecular weight is 254 g/mol. The van der Waals surface area contributed by atoms with Gasteiger partial charge in [0.05, 0.1) is 5.92 Å². The summed E-state index contributed by atoms with van der Waals surface area (Å²) in [6.45, 7) is -0.00329. The smallest absolute Gasteiger partial charge is 0.382 e. The second kappa shape index (κ2) is 5.68. The molecule has 17 heavy (non-hydrogen) atoms. The molecule has 0 aromatic heterocycles. The predicted octanol–water partition coefficient (Wildman–Crippen LogP) is 0.543. The Kier molecular flexibility index (Phi) is 4.76. The molecule has 100 valence electrons. The van der Waals surface area contributed by atoms with Gasteiger partial charge in [-0.05, 0) is 25.7 Å². The molecule has 0 spiro atoms. The van der Waals surface area contributed by atoms with Gasteiger partial charge in [-0.25, -0.2) is 0 Å². The van der Waals surface area contributed by atoms with E-state index >= 15 is 0 Å². The topological polar surface area (TPSA) is 75.4 Å². The Bertz CT molecular complexity index is 263. The van der Waals surface area contributed by atoms with E-state index in [4.69, 9.17) is 10.8 Å². The highest BCUT2D eigenvalue weighted by molar-refractivity contribution is 5.78.